The van der Waals surface area contributed by atoms with Gasteiger partial charge in [0, 0.05) is 20.7 Å². The van der Waals surface area contributed by atoms with Gasteiger partial charge in [0.15, 0.2) is 11.6 Å². The van der Waals surface area contributed by atoms with Crippen LogP contribution in [0, 0.1) is 5.82 Å². The van der Waals surface area contributed by atoms with Gasteiger partial charge < -0.3 is 20.7 Å². The van der Waals surface area contributed by atoms with Gasteiger partial charge in [-0.25, -0.2) is 9.37 Å². The summed E-state index contributed by atoms with van der Waals surface area (Å²) in [5.41, 5.74) is 0. The van der Waals surface area contributed by atoms with Crippen LogP contribution in [0.3, 0.4) is 0 Å². The van der Waals surface area contributed by atoms with E-state index in [1.807, 2.05) is 0 Å². The van der Waals surface area contributed by atoms with Crippen LogP contribution in [0.25, 0.3) is 0 Å². The lowest BCUT2D eigenvalue weighted by Crippen LogP contribution is -2.39. The van der Waals surface area contributed by atoms with Crippen molar-refractivity contribution in [2.75, 3.05) is 37.9 Å². The Labute approximate surface area is 111 Å². The minimum absolute atomic E-state index is 0.0197. The van der Waals surface area contributed by atoms with Crippen molar-refractivity contribution in [2.24, 2.45) is 0 Å². The number of aromatic nitrogens is 2. The molecule has 0 fully saturated rings. The fourth-order valence-electron chi connectivity index (χ4n) is 1.29. The summed E-state index contributed by atoms with van der Waals surface area (Å²) in [5, 5.41) is 8.03. The summed E-state index contributed by atoms with van der Waals surface area (Å²) in [4.78, 5) is 19.3. The Bertz CT molecular complexity index is 430. The van der Waals surface area contributed by atoms with E-state index < -0.39 is 11.9 Å². The second-order valence-corrected chi connectivity index (χ2v) is 3.79. The van der Waals surface area contributed by atoms with E-state index in [1.165, 1.54) is 0 Å². The Morgan fingerprint density at radius 3 is 2.95 bits per heavy atom. The van der Waals surface area contributed by atoms with Crippen LogP contribution >= 0.6 is 0 Å². The topological polar surface area (TPSA) is 88.2 Å². The number of halogens is 1. The van der Waals surface area contributed by atoms with Crippen molar-refractivity contribution in [3.05, 3.63) is 12.0 Å². The van der Waals surface area contributed by atoms with Crippen LogP contribution in [-0.2, 0) is 9.53 Å². The largest absolute Gasteiger partial charge is 0.383 e. The van der Waals surface area contributed by atoms with Gasteiger partial charge >= 0.3 is 0 Å². The molecule has 106 valence electrons. The zero-order chi connectivity index (χ0) is 14.3. The smallest absolute Gasteiger partial charge is 0.242 e. The number of nitrogens with zero attached hydrogens (tertiary/aromatic N) is 2. The molecule has 0 bridgehead atoms. The molecule has 0 aliphatic rings. The van der Waals surface area contributed by atoms with Crippen molar-refractivity contribution >= 4 is 17.7 Å². The molecule has 0 aliphatic carbocycles. The molecule has 0 saturated carbocycles. The molecule has 19 heavy (non-hydrogen) atoms. The number of carbonyl (C=O) groups excluding carboxylic acids is 1. The van der Waals surface area contributed by atoms with Gasteiger partial charge in [0.2, 0.25) is 11.9 Å². The molecule has 0 spiro atoms. The fraction of sp³-hybridized carbons (Fsp3) is 0.545. The first-order chi connectivity index (χ1) is 9.08. The SMILES string of the molecule is CNc1ncc(F)c(NC(C)C(=O)NCCOC)n1. The second kappa shape index (κ2) is 7.47. The molecule has 0 saturated heterocycles. The van der Waals surface area contributed by atoms with Gasteiger partial charge in [0.1, 0.15) is 6.04 Å². The van der Waals surface area contributed by atoms with E-state index in [-0.39, 0.29) is 17.7 Å². The zero-order valence-electron chi connectivity index (χ0n) is 11.2. The Morgan fingerprint density at radius 1 is 1.58 bits per heavy atom. The molecule has 1 aromatic heterocycles. The van der Waals surface area contributed by atoms with Crippen LogP contribution in [0.4, 0.5) is 16.2 Å². The number of hydrogen-bond acceptors (Lipinski definition) is 6. The molecule has 0 radical (unpaired) electrons. The normalized spacial score (nSPS) is 11.8. The third-order valence-corrected chi connectivity index (χ3v) is 2.32. The maximum atomic E-state index is 13.5. The standard InChI is InChI=1S/C11H18FN5O2/c1-7(10(18)14-4-5-19-3)16-9-8(12)6-15-11(13-2)17-9/h6-7H,4-5H2,1-3H3,(H,14,18)(H2,13,15,16,17). The van der Waals surface area contributed by atoms with Gasteiger partial charge in [-0.3, -0.25) is 4.79 Å². The van der Waals surface area contributed by atoms with E-state index in [4.69, 9.17) is 4.74 Å². The molecule has 1 rings (SSSR count). The average molecular weight is 271 g/mol. The zero-order valence-corrected chi connectivity index (χ0v) is 11.2. The molecular formula is C11H18FN5O2. The molecule has 1 amide bonds. The number of methoxy groups -OCH3 is 1. The highest BCUT2D eigenvalue weighted by molar-refractivity contribution is 5.83. The molecule has 1 atom stereocenters. The van der Waals surface area contributed by atoms with E-state index in [0.29, 0.717) is 13.2 Å². The molecule has 7 nitrogen and oxygen atoms in total. The highest BCUT2D eigenvalue weighted by Gasteiger charge is 2.15. The second-order valence-electron chi connectivity index (χ2n) is 3.79. The van der Waals surface area contributed by atoms with Gasteiger partial charge in [0.05, 0.1) is 12.8 Å². The summed E-state index contributed by atoms with van der Waals surface area (Å²) < 4.78 is 18.3. The minimum atomic E-state index is -0.619. The van der Waals surface area contributed by atoms with E-state index >= 15 is 0 Å². The number of anilines is 2. The van der Waals surface area contributed by atoms with Gasteiger partial charge in [-0.1, -0.05) is 0 Å². The van der Waals surface area contributed by atoms with Crippen LogP contribution in [0.15, 0.2) is 6.20 Å². The summed E-state index contributed by atoms with van der Waals surface area (Å²) in [7, 11) is 3.17. The van der Waals surface area contributed by atoms with Crippen LogP contribution in [-0.4, -0.2) is 49.2 Å². The Balaban J connectivity index is 2.60. The van der Waals surface area contributed by atoms with Gasteiger partial charge in [-0.2, -0.15) is 4.98 Å². The summed E-state index contributed by atoms with van der Waals surface area (Å²) >= 11 is 0. The Kier molecular flexibility index (Phi) is 5.94. The van der Waals surface area contributed by atoms with E-state index in [2.05, 4.69) is 25.9 Å². The predicted octanol–water partition coefficient (Wildman–Crippen LogP) is 0.220. The van der Waals surface area contributed by atoms with Crippen molar-refractivity contribution in [3.8, 4) is 0 Å². The Hall–Kier alpha value is -1.96. The lowest BCUT2D eigenvalue weighted by molar-refractivity contribution is -0.121. The van der Waals surface area contributed by atoms with Crippen molar-refractivity contribution < 1.29 is 13.9 Å². The third kappa shape index (κ3) is 4.66. The summed E-state index contributed by atoms with van der Waals surface area (Å²) in [5.74, 6) is -0.624. The third-order valence-electron chi connectivity index (χ3n) is 2.32. The summed E-state index contributed by atoms with van der Waals surface area (Å²) in [6.45, 7) is 2.43. The number of ether oxygens (including phenoxy) is 1. The van der Waals surface area contributed by atoms with Crippen molar-refractivity contribution in [3.63, 3.8) is 0 Å². The van der Waals surface area contributed by atoms with Gasteiger partial charge in [-0.05, 0) is 6.92 Å². The van der Waals surface area contributed by atoms with Crippen molar-refractivity contribution in [1.29, 1.82) is 0 Å². The van der Waals surface area contributed by atoms with Crippen LogP contribution < -0.4 is 16.0 Å². The first kappa shape index (κ1) is 15.1. The quantitative estimate of drug-likeness (QED) is 0.615. The van der Waals surface area contributed by atoms with E-state index in [1.54, 1.807) is 21.1 Å². The highest BCUT2D eigenvalue weighted by Crippen LogP contribution is 2.12. The molecule has 1 heterocycles. The number of amides is 1. The minimum Gasteiger partial charge on any atom is -0.383 e. The number of hydrogen-bond donors (Lipinski definition) is 3. The molecule has 8 heteroatoms. The average Bonchev–Trinajstić information content (AvgIpc) is 2.41. The molecular weight excluding hydrogens is 253 g/mol. The molecule has 0 aliphatic heterocycles. The van der Waals surface area contributed by atoms with Crippen molar-refractivity contribution in [1.82, 2.24) is 15.3 Å². The monoisotopic (exact) mass is 271 g/mol. The summed E-state index contributed by atoms with van der Waals surface area (Å²) in [6.07, 6.45) is 1.04. The van der Waals surface area contributed by atoms with Gasteiger partial charge in [-0.15, -0.1) is 0 Å². The molecule has 1 unspecified atom stereocenters. The first-order valence-corrected chi connectivity index (χ1v) is 5.82. The highest BCUT2D eigenvalue weighted by atomic mass is 19.1. The van der Waals surface area contributed by atoms with E-state index in [9.17, 15) is 9.18 Å². The molecule has 3 N–H and O–H groups in total. The molecule has 0 aromatic carbocycles. The predicted molar refractivity (Wildman–Crippen MR) is 69.5 cm³/mol. The van der Waals surface area contributed by atoms with Crippen molar-refractivity contribution in [2.45, 2.75) is 13.0 Å². The van der Waals surface area contributed by atoms with Crippen LogP contribution in [0.5, 0.6) is 0 Å². The lowest BCUT2D eigenvalue weighted by atomic mass is 10.3. The first-order valence-electron chi connectivity index (χ1n) is 5.82. The summed E-state index contributed by atoms with van der Waals surface area (Å²) in [6, 6.07) is -0.619. The number of carbonyl (C=O) groups is 1. The van der Waals surface area contributed by atoms with Crippen LogP contribution in [0.2, 0.25) is 0 Å². The van der Waals surface area contributed by atoms with Crippen LogP contribution in [0.1, 0.15) is 6.92 Å². The fourth-order valence-corrected chi connectivity index (χ4v) is 1.29. The Morgan fingerprint density at radius 2 is 2.32 bits per heavy atom. The number of nitrogens with one attached hydrogen (secondary N) is 3. The maximum absolute atomic E-state index is 13.5. The maximum Gasteiger partial charge on any atom is 0.242 e. The van der Waals surface area contributed by atoms with Gasteiger partial charge in [0.25, 0.3) is 0 Å². The molecule has 1 aromatic rings. The van der Waals surface area contributed by atoms with E-state index in [0.717, 1.165) is 6.20 Å². The number of rotatable bonds is 7. The lowest BCUT2D eigenvalue weighted by Gasteiger charge is -2.15.